The molecule has 76 valence electrons. The summed E-state index contributed by atoms with van der Waals surface area (Å²) in [4.78, 5) is 12.8. The van der Waals surface area contributed by atoms with Crippen molar-refractivity contribution >= 4 is 5.97 Å². The van der Waals surface area contributed by atoms with Gasteiger partial charge in [0.1, 0.15) is 0 Å². The van der Waals surface area contributed by atoms with Crippen molar-refractivity contribution in [2.75, 3.05) is 6.54 Å². The van der Waals surface area contributed by atoms with E-state index in [1.165, 1.54) is 12.8 Å². The van der Waals surface area contributed by atoms with Gasteiger partial charge in [0.2, 0.25) is 0 Å². The van der Waals surface area contributed by atoms with Crippen molar-refractivity contribution in [3.8, 4) is 0 Å². The van der Waals surface area contributed by atoms with Crippen LogP contribution < -0.4 is 0 Å². The van der Waals surface area contributed by atoms with Gasteiger partial charge < -0.3 is 5.11 Å². The lowest BCUT2D eigenvalue weighted by Gasteiger charge is -2.27. The maximum Gasteiger partial charge on any atom is 0.303 e. The Morgan fingerprint density at radius 1 is 1.62 bits per heavy atom. The van der Waals surface area contributed by atoms with Crippen molar-refractivity contribution in [2.45, 2.75) is 51.6 Å². The Bertz CT molecular complexity index is 178. The molecule has 0 saturated heterocycles. The Labute approximate surface area is 79.7 Å². The normalized spacial score (nSPS) is 19.0. The fourth-order valence-electron chi connectivity index (χ4n) is 1.83. The van der Waals surface area contributed by atoms with Gasteiger partial charge in [-0.15, -0.1) is 0 Å². The van der Waals surface area contributed by atoms with Gasteiger partial charge in [0.25, 0.3) is 0 Å². The standard InChI is InChI=1S/C10H19NO2/c1-3-11(9-5-6-9)8(2)4-7-10(12)13/h8-9H,3-7H2,1-2H3,(H,12,13). The van der Waals surface area contributed by atoms with E-state index in [9.17, 15) is 4.79 Å². The van der Waals surface area contributed by atoms with Gasteiger partial charge in [-0.2, -0.15) is 0 Å². The van der Waals surface area contributed by atoms with Crippen LogP contribution in [0.15, 0.2) is 0 Å². The van der Waals surface area contributed by atoms with E-state index >= 15 is 0 Å². The summed E-state index contributed by atoms with van der Waals surface area (Å²) in [5.41, 5.74) is 0. The molecule has 1 unspecified atom stereocenters. The topological polar surface area (TPSA) is 40.5 Å². The van der Waals surface area contributed by atoms with Gasteiger partial charge in [-0.1, -0.05) is 6.92 Å². The van der Waals surface area contributed by atoms with Gasteiger partial charge in [0, 0.05) is 18.5 Å². The van der Waals surface area contributed by atoms with Crippen molar-refractivity contribution in [3.05, 3.63) is 0 Å². The molecule has 0 heterocycles. The number of carboxylic acids is 1. The van der Waals surface area contributed by atoms with Crippen molar-refractivity contribution in [3.63, 3.8) is 0 Å². The molecule has 0 aromatic rings. The van der Waals surface area contributed by atoms with Gasteiger partial charge >= 0.3 is 5.97 Å². The zero-order valence-electron chi connectivity index (χ0n) is 8.49. The van der Waals surface area contributed by atoms with Crippen LogP contribution in [-0.2, 0) is 4.79 Å². The Hall–Kier alpha value is -0.570. The van der Waals surface area contributed by atoms with Gasteiger partial charge in [-0.25, -0.2) is 0 Å². The second-order valence-electron chi connectivity index (χ2n) is 3.84. The molecule has 0 bridgehead atoms. The molecule has 1 saturated carbocycles. The highest BCUT2D eigenvalue weighted by molar-refractivity contribution is 5.66. The molecule has 13 heavy (non-hydrogen) atoms. The molecule has 0 spiro atoms. The van der Waals surface area contributed by atoms with E-state index in [4.69, 9.17) is 5.11 Å². The zero-order valence-corrected chi connectivity index (χ0v) is 8.49. The number of carboxylic acid groups (broad SMARTS) is 1. The summed E-state index contributed by atoms with van der Waals surface area (Å²) in [6, 6.07) is 1.17. The first-order valence-electron chi connectivity index (χ1n) is 5.12. The van der Waals surface area contributed by atoms with Gasteiger partial charge in [0.15, 0.2) is 0 Å². The van der Waals surface area contributed by atoms with Crippen LogP contribution >= 0.6 is 0 Å². The number of aliphatic carboxylic acids is 1. The van der Waals surface area contributed by atoms with Crippen LogP contribution in [0.25, 0.3) is 0 Å². The van der Waals surface area contributed by atoms with Crippen LogP contribution in [-0.4, -0.2) is 34.6 Å². The van der Waals surface area contributed by atoms with E-state index < -0.39 is 5.97 Å². The molecular formula is C10H19NO2. The number of hydrogen-bond acceptors (Lipinski definition) is 2. The minimum absolute atomic E-state index is 0.296. The van der Waals surface area contributed by atoms with Crippen LogP contribution in [0.2, 0.25) is 0 Å². The summed E-state index contributed by atoms with van der Waals surface area (Å²) < 4.78 is 0. The molecule has 0 aliphatic heterocycles. The second-order valence-corrected chi connectivity index (χ2v) is 3.84. The quantitative estimate of drug-likeness (QED) is 0.685. The molecule has 1 aliphatic carbocycles. The Balaban J connectivity index is 2.26. The van der Waals surface area contributed by atoms with Gasteiger partial charge in [0.05, 0.1) is 0 Å². The third kappa shape index (κ3) is 3.35. The first-order chi connectivity index (χ1) is 6.15. The number of nitrogens with zero attached hydrogens (tertiary/aromatic N) is 1. The SMILES string of the molecule is CCN(C(C)CCC(=O)O)C1CC1. The monoisotopic (exact) mass is 185 g/mol. The number of rotatable bonds is 6. The Kier molecular flexibility index (Phi) is 3.72. The zero-order chi connectivity index (χ0) is 9.84. The van der Waals surface area contributed by atoms with Crippen molar-refractivity contribution in [1.29, 1.82) is 0 Å². The van der Waals surface area contributed by atoms with Crippen LogP contribution in [0.4, 0.5) is 0 Å². The molecule has 1 atom stereocenters. The predicted octanol–water partition coefficient (Wildman–Crippen LogP) is 1.72. The molecule has 0 aromatic carbocycles. The Morgan fingerprint density at radius 3 is 2.62 bits per heavy atom. The summed E-state index contributed by atoms with van der Waals surface area (Å²) in [5, 5.41) is 8.55. The number of carbonyl (C=O) groups is 1. The van der Waals surface area contributed by atoms with E-state index in [-0.39, 0.29) is 0 Å². The summed E-state index contributed by atoms with van der Waals surface area (Å²) in [6.07, 6.45) is 3.67. The van der Waals surface area contributed by atoms with E-state index in [0.717, 1.165) is 19.0 Å². The summed E-state index contributed by atoms with van der Waals surface area (Å²) >= 11 is 0. The third-order valence-corrected chi connectivity index (χ3v) is 2.72. The number of hydrogen-bond donors (Lipinski definition) is 1. The molecule has 1 aliphatic rings. The minimum Gasteiger partial charge on any atom is -0.481 e. The average molecular weight is 185 g/mol. The molecule has 0 aromatic heterocycles. The van der Waals surface area contributed by atoms with Crippen molar-refractivity contribution in [2.24, 2.45) is 0 Å². The maximum absolute atomic E-state index is 10.4. The van der Waals surface area contributed by atoms with E-state index in [1.807, 2.05) is 0 Å². The lowest BCUT2D eigenvalue weighted by molar-refractivity contribution is -0.137. The van der Waals surface area contributed by atoms with E-state index in [0.29, 0.717) is 12.5 Å². The molecular weight excluding hydrogens is 166 g/mol. The lowest BCUT2D eigenvalue weighted by atomic mass is 10.1. The highest BCUT2D eigenvalue weighted by atomic mass is 16.4. The maximum atomic E-state index is 10.4. The predicted molar refractivity (Wildman–Crippen MR) is 51.7 cm³/mol. The summed E-state index contributed by atoms with van der Waals surface area (Å²) in [5.74, 6) is -0.682. The van der Waals surface area contributed by atoms with E-state index in [1.54, 1.807) is 0 Å². The first kappa shape index (κ1) is 10.5. The lowest BCUT2D eigenvalue weighted by Crippen LogP contribution is -2.35. The smallest absolute Gasteiger partial charge is 0.303 e. The molecule has 1 N–H and O–H groups in total. The fraction of sp³-hybridized carbons (Fsp3) is 0.900. The highest BCUT2D eigenvalue weighted by Crippen LogP contribution is 2.29. The highest BCUT2D eigenvalue weighted by Gasteiger charge is 2.30. The van der Waals surface area contributed by atoms with Crippen LogP contribution in [0.3, 0.4) is 0 Å². The molecule has 3 heteroatoms. The van der Waals surface area contributed by atoms with Crippen LogP contribution in [0.1, 0.15) is 39.5 Å². The molecule has 1 fully saturated rings. The molecule has 3 nitrogen and oxygen atoms in total. The Morgan fingerprint density at radius 2 is 2.23 bits per heavy atom. The third-order valence-electron chi connectivity index (χ3n) is 2.72. The molecule has 0 amide bonds. The second kappa shape index (κ2) is 4.61. The molecule has 0 radical (unpaired) electrons. The van der Waals surface area contributed by atoms with Crippen LogP contribution in [0, 0.1) is 0 Å². The largest absolute Gasteiger partial charge is 0.481 e. The average Bonchev–Trinajstić information content (AvgIpc) is 2.86. The van der Waals surface area contributed by atoms with Crippen molar-refractivity contribution in [1.82, 2.24) is 4.90 Å². The first-order valence-corrected chi connectivity index (χ1v) is 5.12. The van der Waals surface area contributed by atoms with Crippen molar-refractivity contribution < 1.29 is 9.90 Å². The minimum atomic E-state index is -0.682. The summed E-state index contributed by atoms with van der Waals surface area (Å²) in [6.45, 7) is 5.33. The molecule has 1 rings (SSSR count). The van der Waals surface area contributed by atoms with Gasteiger partial charge in [-0.3, -0.25) is 9.69 Å². The van der Waals surface area contributed by atoms with E-state index in [2.05, 4.69) is 18.7 Å². The van der Waals surface area contributed by atoms with Gasteiger partial charge in [-0.05, 0) is 32.7 Å². The van der Waals surface area contributed by atoms with Crippen LogP contribution in [0.5, 0.6) is 0 Å². The fourth-order valence-corrected chi connectivity index (χ4v) is 1.83. The summed E-state index contributed by atoms with van der Waals surface area (Å²) in [7, 11) is 0.